The van der Waals surface area contributed by atoms with Crippen molar-refractivity contribution >= 4 is 29.2 Å². The molecular weight excluding hydrogens is 351 g/mol. The van der Waals surface area contributed by atoms with Crippen LogP contribution in [0.25, 0.3) is 0 Å². The molecule has 1 atom stereocenters. The minimum absolute atomic E-state index is 0.100. The molecule has 1 amide bonds. The molecule has 2 rings (SSSR count). The van der Waals surface area contributed by atoms with Gasteiger partial charge in [0.1, 0.15) is 11.5 Å². The van der Waals surface area contributed by atoms with E-state index in [1.165, 1.54) is 12.1 Å². The van der Waals surface area contributed by atoms with Gasteiger partial charge in [-0.25, -0.2) is 9.18 Å². The molecule has 2 aromatic rings. The molecule has 25 heavy (non-hydrogen) atoms. The lowest BCUT2D eigenvalue weighted by Gasteiger charge is -2.08. The van der Waals surface area contributed by atoms with E-state index in [1.807, 2.05) is 0 Å². The van der Waals surface area contributed by atoms with Gasteiger partial charge in [0.05, 0.1) is 11.8 Å². The van der Waals surface area contributed by atoms with Crippen molar-refractivity contribution in [3.05, 3.63) is 51.6 Å². The number of benzene rings is 1. The van der Waals surface area contributed by atoms with E-state index in [0.29, 0.717) is 16.8 Å². The Morgan fingerprint density at radius 3 is 2.68 bits per heavy atom. The number of rotatable bonds is 5. The molecular formula is C17H18ClFN2O4. The largest absolute Gasteiger partial charge is 0.451 e. The summed E-state index contributed by atoms with van der Waals surface area (Å²) in [6.45, 7) is 4.39. The highest BCUT2D eigenvalue weighted by atomic mass is 35.5. The molecule has 0 saturated carbocycles. The summed E-state index contributed by atoms with van der Waals surface area (Å²) in [5, 5.41) is 12.3. The van der Waals surface area contributed by atoms with E-state index in [9.17, 15) is 19.1 Å². The number of aromatic amines is 1. The number of carbonyl (C=O) groups is 2. The molecule has 1 heterocycles. The lowest BCUT2D eigenvalue weighted by Crippen LogP contribution is -2.22. The number of hydrogen-bond acceptors (Lipinski definition) is 4. The summed E-state index contributed by atoms with van der Waals surface area (Å²) in [4.78, 5) is 26.8. The number of H-pyrrole nitrogens is 1. The predicted molar refractivity (Wildman–Crippen MR) is 91.2 cm³/mol. The highest BCUT2D eigenvalue weighted by Crippen LogP contribution is 2.25. The highest BCUT2D eigenvalue weighted by Gasteiger charge is 2.21. The zero-order valence-corrected chi connectivity index (χ0v) is 14.7. The molecule has 1 aromatic carbocycles. The molecule has 0 aliphatic carbocycles. The number of halogens is 2. The summed E-state index contributed by atoms with van der Waals surface area (Å²) >= 11 is 5.74. The number of hydrogen-bond donors (Lipinski definition) is 3. The summed E-state index contributed by atoms with van der Waals surface area (Å²) in [5.74, 6) is -2.10. The second kappa shape index (κ2) is 7.67. The maximum Gasteiger partial charge on any atom is 0.355 e. The second-order valence-electron chi connectivity index (χ2n) is 5.59. The fourth-order valence-electron chi connectivity index (χ4n) is 2.58. The Hall–Kier alpha value is -2.38. The third-order valence-electron chi connectivity index (χ3n) is 3.65. The van der Waals surface area contributed by atoms with Gasteiger partial charge in [-0.2, -0.15) is 0 Å². The summed E-state index contributed by atoms with van der Waals surface area (Å²) in [5.41, 5.74) is 1.87. The van der Waals surface area contributed by atoms with E-state index >= 15 is 0 Å². The van der Waals surface area contributed by atoms with Gasteiger partial charge >= 0.3 is 5.97 Å². The minimum Gasteiger partial charge on any atom is -0.451 e. The van der Waals surface area contributed by atoms with Crippen LogP contribution in [0.1, 0.15) is 40.3 Å². The number of aryl methyl sites for hydroxylation is 1. The van der Waals surface area contributed by atoms with Gasteiger partial charge in [0.2, 0.25) is 0 Å². The first-order chi connectivity index (χ1) is 11.7. The Kier molecular flexibility index (Phi) is 5.81. The lowest BCUT2D eigenvalue weighted by atomic mass is 10.1. The second-order valence-corrected chi connectivity index (χ2v) is 6.02. The van der Waals surface area contributed by atoms with E-state index in [-0.39, 0.29) is 16.4 Å². The number of aliphatic hydroxyl groups is 1. The maximum atomic E-state index is 13.6. The van der Waals surface area contributed by atoms with Crippen molar-refractivity contribution in [3.8, 4) is 0 Å². The zero-order chi connectivity index (χ0) is 18.7. The van der Waals surface area contributed by atoms with E-state index < -0.39 is 30.4 Å². The standard InChI is InChI=1S/C17H18ClFN2O4/c1-8-15(10(3)22)9(2)20-16(8)17(24)25-7-14(23)21-13-6-11(18)4-5-12(13)19/h4-6,10,20,22H,7H2,1-3H3,(H,21,23)/t10-/m1/s1. The maximum absolute atomic E-state index is 13.6. The Bertz CT molecular complexity index is 817. The lowest BCUT2D eigenvalue weighted by molar-refractivity contribution is -0.119. The smallest absolute Gasteiger partial charge is 0.355 e. The number of ether oxygens (including phenoxy) is 1. The molecule has 3 N–H and O–H groups in total. The number of aliphatic hydroxyl groups excluding tert-OH is 1. The van der Waals surface area contributed by atoms with Crippen LogP contribution >= 0.6 is 11.6 Å². The van der Waals surface area contributed by atoms with Crippen LogP contribution in [0.15, 0.2) is 18.2 Å². The molecule has 134 valence electrons. The predicted octanol–water partition coefficient (Wildman–Crippen LogP) is 3.27. The summed E-state index contributed by atoms with van der Waals surface area (Å²) < 4.78 is 18.5. The van der Waals surface area contributed by atoms with Crippen LogP contribution in [0.2, 0.25) is 5.02 Å². The highest BCUT2D eigenvalue weighted by molar-refractivity contribution is 6.30. The molecule has 8 heteroatoms. The number of anilines is 1. The number of aromatic nitrogens is 1. The molecule has 0 radical (unpaired) electrons. The molecule has 0 aliphatic rings. The van der Waals surface area contributed by atoms with Crippen molar-refractivity contribution in [2.24, 2.45) is 0 Å². The number of esters is 1. The monoisotopic (exact) mass is 368 g/mol. The van der Waals surface area contributed by atoms with Crippen LogP contribution in [0.3, 0.4) is 0 Å². The van der Waals surface area contributed by atoms with Crippen molar-refractivity contribution in [3.63, 3.8) is 0 Å². The average molecular weight is 369 g/mol. The van der Waals surface area contributed by atoms with Crippen LogP contribution in [-0.2, 0) is 9.53 Å². The Labute approximate surface area is 149 Å². The van der Waals surface area contributed by atoms with Gasteiger partial charge in [-0.15, -0.1) is 0 Å². The van der Waals surface area contributed by atoms with Gasteiger partial charge in [0, 0.05) is 16.3 Å². The average Bonchev–Trinajstić information content (AvgIpc) is 2.83. The van der Waals surface area contributed by atoms with Crippen LogP contribution < -0.4 is 5.32 Å². The van der Waals surface area contributed by atoms with Crippen LogP contribution in [-0.4, -0.2) is 28.6 Å². The van der Waals surface area contributed by atoms with Crippen molar-refractivity contribution in [1.29, 1.82) is 0 Å². The molecule has 0 saturated heterocycles. The molecule has 0 fully saturated rings. The van der Waals surface area contributed by atoms with Gasteiger partial charge < -0.3 is 20.1 Å². The van der Waals surface area contributed by atoms with E-state index in [1.54, 1.807) is 20.8 Å². The topological polar surface area (TPSA) is 91.4 Å². The number of amides is 1. The summed E-state index contributed by atoms with van der Waals surface area (Å²) in [7, 11) is 0. The Balaban J connectivity index is 2.01. The third-order valence-corrected chi connectivity index (χ3v) is 3.89. The minimum atomic E-state index is -0.744. The van der Waals surface area contributed by atoms with Crippen molar-refractivity contribution in [2.75, 3.05) is 11.9 Å². The summed E-state index contributed by atoms with van der Waals surface area (Å²) in [6.07, 6.45) is -0.744. The fourth-order valence-corrected chi connectivity index (χ4v) is 2.75. The molecule has 1 aromatic heterocycles. The van der Waals surface area contributed by atoms with Crippen LogP contribution in [0.4, 0.5) is 10.1 Å². The van der Waals surface area contributed by atoms with E-state index in [2.05, 4.69) is 10.3 Å². The molecule has 0 aliphatic heterocycles. The molecule has 0 spiro atoms. The fraction of sp³-hybridized carbons (Fsp3) is 0.294. The molecule has 0 bridgehead atoms. The first-order valence-electron chi connectivity index (χ1n) is 7.49. The SMILES string of the molecule is Cc1[nH]c(C(=O)OCC(=O)Nc2cc(Cl)ccc2F)c(C)c1[C@@H](C)O. The number of carbonyl (C=O) groups excluding carboxylic acids is 2. The first-order valence-corrected chi connectivity index (χ1v) is 7.87. The van der Waals surface area contributed by atoms with E-state index in [0.717, 1.165) is 6.07 Å². The van der Waals surface area contributed by atoms with Crippen LogP contribution in [0, 0.1) is 19.7 Å². The zero-order valence-electron chi connectivity index (χ0n) is 13.9. The van der Waals surface area contributed by atoms with Gasteiger partial charge in [-0.05, 0) is 44.5 Å². The Morgan fingerprint density at radius 2 is 2.08 bits per heavy atom. The van der Waals surface area contributed by atoms with Gasteiger partial charge in [-0.3, -0.25) is 4.79 Å². The first kappa shape index (κ1) is 19.0. The summed E-state index contributed by atoms with van der Waals surface area (Å²) in [6, 6.07) is 3.72. The quantitative estimate of drug-likeness (QED) is 0.706. The third kappa shape index (κ3) is 4.37. The van der Waals surface area contributed by atoms with E-state index in [4.69, 9.17) is 16.3 Å². The van der Waals surface area contributed by atoms with Gasteiger partial charge in [-0.1, -0.05) is 11.6 Å². The number of nitrogens with one attached hydrogen (secondary N) is 2. The molecule has 0 unspecified atom stereocenters. The molecule has 6 nitrogen and oxygen atoms in total. The normalized spacial score (nSPS) is 11.9. The van der Waals surface area contributed by atoms with Crippen molar-refractivity contribution in [2.45, 2.75) is 26.9 Å². The van der Waals surface area contributed by atoms with Gasteiger partial charge in [0.25, 0.3) is 5.91 Å². The van der Waals surface area contributed by atoms with Crippen LogP contribution in [0.5, 0.6) is 0 Å². The Morgan fingerprint density at radius 1 is 1.40 bits per heavy atom. The van der Waals surface area contributed by atoms with Gasteiger partial charge in [0.15, 0.2) is 6.61 Å². The van der Waals surface area contributed by atoms with Crippen molar-refractivity contribution in [1.82, 2.24) is 4.98 Å². The van der Waals surface area contributed by atoms with Crippen molar-refractivity contribution < 1.29 is 23.8 Å².